The lowest BCUT2D eigenvalue weighted by atomic mass is 10.0. The first-order chi connectivity index (χ1) is 9.24. The minimum atomic E-state index is 0.771. The monoisotopic (exact) mass is 249 g/mol. The second-order valence-corrected chi connectivity index (χ2v) is 4.77. The fourth-order valence-corrected chi connectivity index (χ4v) is 2.71. The molecule has 3 rings (SSSR count). The topological polar surface area (TPSA) is 22.0 Å². The van der Waals surface area contributed by atoms with Crippen molar-refractivity contribution in [2.24, 2.45) is 7.05 Å². The lowest BCUT2D eigenvalue weighted by Crippen LogP contribution is -1.95. The SMILES string of the molecule is Cc1ccccc1-c1c(C=O)c2ccccc2n1C. The van der Waals surface area contributed by atoms with Gasteiger partial charge < -0.3 is 4.57 Å². The number of para-hydroxylation sites is 1. The summed E-state index contributed by atoms with van der Waals surface area (Å²) >= 11 is 0. The Morgan fingerprint density at radius 2 is 1.68 bits per heavy atom. The zero-order chi connectivity index (χ0) is 13.4. The number of carbonyl (C=O) groups excluding carboxylic acids is 1. The molecule has 0 aliphatic rings. The van der Waals surface area contributed by atoms with Crippen molar-refractivity contribution < 1.29 is 4.79 Å². The van der Waals surface area contributed by atoms with Crippen LogP contribution in [0.1, 0.15) is 15.9 Å². The van der Waals surface area contributed by atoms with Crippen LogP contribution in [0.2, 0.25) is 0 Å². The Hall–Kier alpha value is -2.35. The third-order valence-corrected chi connectivity index (χ3v) is 3.66. The molecular formula is C17H15NO. The molecule has 94 valence electrons. The Bertz CT molecular complexity index is 768. The number of fused-ring (bicyclic) bond motifs is 1. The molecule has 1 aromatic heterocycles. The molecule has 3 aromatic rings. The Morgan fingerprint density at radius 3 is 2.42 bits per heavy atom. The van der Waals surface area contributed by atoms with Gasteiger partial charge in [0, 0.05) is 29.1 Å². The number of nitrogens with zero attached hydrogens (tertiary/aromatic N) is 1. The molecule has 19 heavy (non-hydrogen) atoms. The minimum absolute atomic E-state index is 0.771. The van der Waals surface area contributed by atoms with Crippen LogP contribution in [-0.4, -0.2) is 10.9 Å². The second kappa shape index (κ2) is 4.39. The van der Waals surface area contributed by atoms with E-state index in [1.165, 1.54) is 5.56 Å². The Labute approximate surface area is 112 Å². The van der Waals surface area contributed by atoms with Gasteiger partial charge in [-0.05, 0) is 18.6 Å². The second-order valence-electron chi connectivity index (χ2n) is 4.77. The van der Waals surface area contributed by atoms with Crippen molar-refractivity contribution >= 4 is 17.2 Å². The number of rotatable bonds is 2. The number of hydrogen-bond acceptors (Lipinski definition) is 1. The summed E-state index contributed by atoms with van der Waals surface area (Å²) in [5.41, 5.74) is 5.14. The Morgan fingerprint density at radius 1 is 1.00 bits per heavy atom. The summed E-state index contributed by atoms with van der Waals surface area (Å²) in [6, 6.07) is 16.2. The van der Waals surface area contributed by atoms with Crippen molar-refractivity contribution in [1.29, 1.82) is 0 Å². The molecule has 2 nitrogen and oxygen atoms in total. The molecule has 0 spiro atoms. The van der Waals surface area contributed by atoms with Gasteiger partial charge in [-0.2, -0.15) is 0 Å². The van der Waals surface area contributed by atoms with Crippen LogP contribution in [0.3, 0.4) is 0 Å². The first-order valence-corrected chi connectivity index (χ1v) is 6.32. The molecule has 0 bridgehead atoms. The van der Waals surface area contributed by atoms with Gasteiger partial charge in [0.1, 0.15) is 0 Å². The van der Waals surface area contributed by atoms with Gasteiger partial charge in [0.15, 0.2) is 6.29 Å². The molecule has 2 aromatic carbocycles. The molecule has 0 fully saturated rings. The average molecular weight is 249 g/mol. The van der Waals surface area contributed by atoms with Crippen molar-refractivity contribution in [3.8, 4) is 11.3 Å². The van der Waals surface area contributed by atoms with Gasteiger partial charge in [0.25, 0.3) is 0 Å². The van der Waals surface area contributed by atoms with E-state index in [-0.39, 0.29) is 0 Å². The van der Waals surface area contributed by atoms with Crippen molar-refractivity contribution in [1.82, 2.24) is 4.57 Å². The molecule has 0 radical (unpaired) electrons. The summed E-state index contributed by atoms with van der Waals surface area (Å²) in [5.74, 6) is 0. The third kappa shape index (κ3) is 1.68. The van der Waals surface area contributed by atoms with E-state index in [0.717, 1.165) is 34.0 Å². The number of aryl methyl sites for hydroxylation is 2. The number of aromatic nitrogens is 1. The van der Waals surface area contributed by atoms with Crippen LogP contribution in [0.25, 0.3) is 22.2 Å². The van der Waals surface area contributed by atoms with E-state index in [1.807, 2.05) is 43.4 Å². The predicted molar refractivity (Wildman–Crippen MR) is 78.5 cm³/mol. The van der Waals surface area contributed by atoms with Crippen molar-refractivity contribution in [3.63, 3.8) is 0 Å². The van der Waals surface area contributed by atoms with Crippen LogP contribution in [0.15, 0.2) is 48.5 Å². The molecule has 2 heteroatoms. The minimum Gasteiger partial charge on any atom is -0.343 e. The maximum absolute atomic E-state index is 11.5. The van der Waals surface area contributed by atoms with Crippen molar-refractivity contribution in [3.05, 3.63) is 59.7 Å². The van der Waals surface area contributed by atoms with Crippen LogP contribution in [0, 0.1) is 6.92 Å². The standard InChI is InChI=1S/C17H15NO/c1-12-7-3-4-8-13(12)17-15(11-19)14-9-5-6-10-16(14)18(17)2/h3-11H,1-2H3. The van der Waals surface area contributed by atoms with Gasteiger partial charge >= 0.3 is 0 Å². The summed E-state index contributed by atoms with van der Waals surface area (Å²) in [7, 11) is 2.01. The zero-order valence-electron chi connectivity index (χ0n) is 11.1. The molecule has 1 heterocycles. The summed E-state index contributed by atoms with van der Waals surface area (Å²) in [4.78, 5) is 11.5. The van der Waals surface area contributed by atoms with Crippen molar-refractivity contribution in [2.75, 3.05) is 0 Å². The number of benzene rings is 2. The normalized spacial score (nSPS) is 10.8. The van der Waals surface area contributed by atoms with Crippen LogP contribution in [0.5, 0.6) is 0 Å². The number of hydrogen-bond donors (Lipinski definition) is 0. The van der Waals surface area contributed by atoms with Gasteiger partial charge in [0.05, 0.1) is 5.69 Å². The fraction of sp³-hybridized carbons (Fsp3) is 0.118. The van der Waals surface area contributed by atoms with Gasteiger partial charge in [-0.15, -0.1) is 0 Å². The molecule has 0 saturated heterocycles. The van der Waals surface area contributed by atoms with E-state index in [1.54, 1.807) is 0 Å². The first kappa shape index (κ1) is 11.7. The van der Waals surface area contributed by atoms with Crippen LogP contribution < -0.4 is 0 Å². The van der Waals surface area contributed by atoms with Gasteiger partial charge in [0.2, 0.25) is 0 Å². The van der Waals surface area contributed by atoms with Gasteiger partial charge in [-0.1, -0.05) is 42.5 Å². The average Bonchev–Trinajstić information content (AvgIpc) is 2.73. The lowest BCUT2D eigenvalue weighted by Gasteiger charge is -2.08. The summed E-state index contributed by atoms with van der Waals surface area (Å²) < 4.78 is 2.10. The zero-order valence-corrected chi connectivity index (χ0v) is 11.1. The highest BCUT2D eigenvalue weighted by atomic mass is 16.1. The quantitative estimate of drug-likeness (QED) is 0.630. The van der Waals surface area contributed by atoms with E-state index < -0.39 is 0 Å². The molecule has 0 amide bonds. The highest BCUT2D eigenvalue weighted by Gasteiger charge is 2.16. The molecule has 0 aliphatic heterocycles. The van der Waals surface area contributed by atoms with Gasteiger partial charge in [-0.25, -0.2) is 0 Å². The summed E-state index contributed by atoms with van der Waals surface area (Å²) in [5, 5.41) is 1.01. The molecule has 0 aliphatic carbocycles. The molecular weight excluding hydrogens is 234 g/mol. The van der Waals surface area contributed by atoms with E-state index in [0.29, 0.717) is 0 Å². The van der Waals surface area contributed by atoms with Crippen LogP contribution >= 0.6 is 0 Å². The predicted octanol–water partition coefficient (Wildman–Crippen LogP) is 3.97. The molecule has 0 N–H and O–H groups in total. The van der Waals surface area contributed by atoms with Crippen LogP contribution in [0.4, 0.5) is 0 Å². The van der Waals surface area contributed by atoms with Crippen LogP contribution in [-0.2, 0) is 7.05 Å². The third-order valence-electron chi connectivity index (χ3n) is 3.66. The largest absolute Gasteiger partial charge is 0.343 e. The maximum atomic E-state index is 11.5. The van der Waals surface area contributed by atoms with E-state index in [9.17, 15) is 4.79 Å². The highest BCUT2D eigenvalue weighted by Crippen LogP contribution is 2.33. The smallest absolute Gasteiger partial charge is 0.152 e. The number of carbonyl (C=O) groups is 1. The number of aldehydes is 1. The Balaban J connectivity index is 2.45. The fourth-order valence-electron chi connectivity index (χ4n) is 2.71. The van der Waals surface area contributed by atoms with E-state index in [2.05, 4.69) is 23.6 Å². The summed E-state index contributed by atoms with van der Waals surface area (Å²) in [6.45, 7) is 2.07. The molecule has 0 saturated carbocycles. The first-order valence-electron chi connectivity index (χ1n) is 6.32. The van der Waals surface area contributed by atoms with E-state index >= 15 is 0 Å². The van der Waals surface area contributed by atoms with Gasteiger partial charge in [-0.3, -0.25) is 4.79 Å². The molecule has 0 unspecified atom stereocenters. The maximum Gasteiger partial charge on any atom is 0.152 e. The summed E-state index contributed by atoms with van der Waals surface area (Å²) in [6.07, 6.45) is 0.962. The van der Waals surface area contributed by atoms with Crippen molar-refractivity contribution in [2.45, 2.75) is 6.92 Å². The molecule has 0 atom stereocenters. The lowest BCUT2D eigenvalue weighted by molar-refractivity contribution is 0.112. The Kier molecular flexibility index (Phi) is 2.71. The highest BCUT2D eigenvalue weighted by molar-refractivity contribution is 6.05. The van der Waals surface area contributed by atoms with E-state index in [4.69, 9.17) is 0 Å².